The first-order chi connectivity index (χ1) is 13.6. The molecule has 0 spiro atoms. The molecule has 1 aliphatic rings. The minimum atomic E-state index is -0.116. The van der Waals surface area contributed by atoms with Gasteiger partial charge < -0.3 is 19.7 Å². The third-order valence-corrected chi connectivity index (χ3v) is 5.04. The van der Waals surface area contributed by atoms with E-state index in [-0.39, 0.29) is 23.5 Å². The molecule has 0 saturated heterocycles. The van der Waals surface area contributed by atoms with Crippen molar-refractivity contribution in [1.82, 2.24) is 0 Å². The predicted octanol–water partition coefficient (Wildman–Crippen LogP) is 5.43. The first kappa shape index (κ1) is 18.0. The zero-order valence-electron chi connectivity index (χ0n) is 15.6. The predicted molar refractivity (Wildman–Crippen MR) is 109 cm³/mol. The number of allylic oxidation sites excluding steroid dienone is 1. The van der Waals surface area contributed by atoms with E-state index in [9.17, 15) is 10.2 Å². The van der Waals surface area contributed by atoms with Gasteiger partial charge in [-0.2, -0.15) is 0 Å². The number of rotatable bonds is 4. The van der Waals surface area contributed by atoms with Gasteiger partial charge in [-0.15, -0.1) is 0 Å². The first-order valence-electron chi connectivity index (χ1n) is 9.23. The molecule has 1 aliphatic heterocycles. The third-order valence-electron chi connectivity index (χ3n) is 5.04. The molecule has 2 unspecified atom stereocenters. The topological polar surface area (TPSA) is 58.9 Å². The number of methoxy groups -OCH3 is 1. The van der Waals surface area contributed by atoms with Crippen LogP contribution in [0.1, 0.15) is 35.1 Å². The highest BCUT2D eigenvalue weighted by Crippen LogP contribution is 2.44. The number of fused-ring (bicyclic) bond motifs is 1. The summed E-state index contributed by atoms with van der Waals surface area (Å²) in [6, 6.07) is 20.2. The van der Waals surface area contributed by atoms with Crippen molar-refractivity contribution in [2.24, 2.45) is 0 Å². The Labute approximate surface area is 164 Å². The van der Waals surface area contributed by atoms with Crippen LogP contribution in [-0.2, 0) is 0 Å². The molecule has 28 heavy (non-hydrogen) atoms. The molecule has 142 valence electrons. The Hall–Kier alpha value is -3.40. The van der Waals surface area contributed by atoms with Crippen LogP contribution in [-0.4, -0.2) is 17.3 Å². The largest absolute Gasteiger partial charge is 0.508 e. The third kappa shape index (κ3) is 3.81. The van der Waals surface area contributed by atoms with E-state index in [4.69, 9.17) is 9.47 Å². The lowest BCUT2D eigenvalue weighted by Gasteiger charge is -2.31. The molecule has 0 aromatic heterocycles. The SMILES string of the molecule is COc1ccc2c(c1)OC(c1ccc(O)cc1)CC2C=Cc1ccc(O)cc1. The second-order valence-corrected chi connectivity index (χ2v) is 6.89. The highest BCUT2D eigenvalue weighted by Gasteiger charge is 2.28. The van der Waals surface area contributed by atoms with Crippen LogP contribution >= 0.6 is 0 Å². The highest BCUT2D eigenvalue weighted by atomic mass is 16.5. The van der Waals surface area contributed by atoms with Crippen LogP contribution in [0.5, 0.6) is 23.0 Å². The van der Waals surface area contributed by atoms with Crippen LogP contribution in [0.3, 0.4) is 0 Å². The Morgan fingerprint density at radius 3 is 2.29 bits per heavy atom. The number of hydrogen-bond acceptors (Lipinski definition) is 4. The summed E-state index contributed by atoms with van der Waals surface area (Å²) < 4.78 is 11.6. The molecular weight excluding hydrogens is 352 g/mol. The van der Waals surface area contributed by atoms with Crippen molar-refractivity contribution in [3.63, 3.8) is 0 Å². The van der Waals surface area contributed by atoms with Gasteiger partial charge in [-0.3, -0.25) is 0 Å². The lowest BCUT2D eigenvalue weighted by molar-refractivity contribution is 0.168. The van der Waals surface area contributed by atoms with Gasteiger partial charge in [0.2, 0.25) is 0 Å². The van der Waals surface area contributed by atoms with Crippen LogP contribution < -0.4 is 9.47 Å². The maximum Gasteiger partial charge on any atom is 0.127 e. The Balaban J connectivity index is 1.67. The lowest BCUT2D eigenvalue weighted by Crippen LogP contribution is -2.18. The molecule has 4 rings (SSSR count). The normalized spacial score (nSPS) is 18.5. The molecule has 0 aliphatic carbocycles. The molecule has 2 atom stereocenters. The van der Waals surface area contributed by atoms with E-state index < -0.39 is 0 Å². The molecular formula is C24H22O4. The number of phenols is 2. The van der Waals surface area contributed by atoms with Crippen LogP contribution in [0, 0.1) is 0 Å². The zero-order valence-corrected chi connectivity index (χ0v) is 15.6. The maximum atomic E-state index is 9.58. The summed E-state index contributed by atoms with van der Waals surface area (Å²) in [7, 11) is 1.64. The lowest BCUT2D eigenvalue weighted by atomic mass is 9.86. The number of hydrogen-bond donors (Lipinski definition) is 2. The fourth-order valence-corrected chi connectivity index (χ4v) is 3.50. The number of benzene rings is 3. The summed E-state index contributed by atoms with van der Waals surface area (Å²) >= 11 is 0. The summed E-state index contributed by atoms with van der Waals surface area (Å²) in [5.41, 5.74) is 3.17. The van der Waals surface area contributed by atoms with Crippen molar-refractivity contribution in [3.8, 4) is 23.0 Å². The van der Waals surface area contributed by atoms with Gasteiger partial charge in [0.1, 0.15) is 29.1 Å². The van der Waals surface area contributed by atoms with E-state index in [1.807, 2.05) is 42.5 Å². The Bertz CT molecular complexity index is 974. The molecule has 4 nitrogen and oxygen atoms in total. The Morgan fingerprint density at radius 1 is 0.929 bits per heavy atom. The smallest absolute Gasteiger partial charge is 0.127 e. The molecule has 2 N–H and O–H groups in total. The standard InChI is InChI=1S/C24H22O4/c1-27-21-12-13-22-18(5-2-16-3-8-19(25)9-4-16)14-23(28-24(22)15-21)17-6-10-20(26)11-7-17/h2-13,15,18,23,25-26H,14H2,1H3. The fourth-order valence-electron chi connectivity index (χ4n) is 3.50. The van der Waals surface area contributed by atoms with E-state index in [1.165, 1.54) is 0 Å². The van der Waals surface area contributed by atoms with Crippen molar-refractivity contribution in [3.05, 3.63) is 89.5 Å². The average molecular weight is 374 g/mol. The summed E-state index contributed by atoms with van der Waals surface area (Å²) in [6.45, 7) is 0. The number of ether oxygens (including phenoxy) is 2. The van der Waals surface area contributed by atoms with E-state index in [0.29, 0.717) is 0 Å². The van der Waals surface area contributed by atoms with Crippen LogP contribution in [0.2, 0.25) is 0 Å². The van der Waals surface area contributed by atoms with E-state index in [0.717, 1.165) is 34.6 Å². The Morgan fingerprint density at radius 2 is 1.61 bits per heavy atom. The van der Waals surface area contributed by atoms with Crippen LogP contribution in [0.25, 0.3) is 6.08 Å². The quantitative estimate of drug-likeness (QED) is 0.639. The van der Waals surface area contributed by atoms with E-state index in [1.54, 1.807) is 31.4 Å². The molecule has 0 fully saturated rings. The number of aromatic hydroxyl groups is 2. The minimum Gasteiger partial charge on any atom is -0.508 e. The minimum absolute atomic E-state index is 0.116. The fraction of sp³-hybridized carbons (Fsp3) is 0.167. The molecule has 0 amide bonds. The molecule has 0 bridgehead atoms. The summed E-state index contributed by atoms with van der Waals surface area (Å²) in [4.78, 5) is 0. The molecule has 1 heterocycles. The monoisotopic (exact) mass is 374 g/mol. The van der Waals surface area contributed by atoms with Gasteiger partial charge in [-0.25, -0.2) is 0 Å². The van der Waals surface area contributed by atoms with Gasteiger partial charge in [-0.05, 0) is 47.9 Å². The van der Waals surface area contributed by atoms with Crippen molar-refractivity contribution in [1.29, 1.82) is 0 Å². The summed E-state index contributed by atoms with van der Waals surface area (Å²) in [6.07, 6.45) is 4.92. The highest BCUT2D eigenvalue weighted by molar-refractivity contribution is 5.54. The van der Waals surface area contributed by atoms with Gasteiger partial charge in [0.05, 0.1) is 7.11 Å². The maximum absolute atomic E-state index is 9.58. The van der Waals surface area contributed by atoms with Crippen molar-refractivity contribution in [2.45, 2.75) is 18.4 Å². The van der Waals surface area contributed by atoms with E-state index in [2.05, 4.69) is 12.2 Å². The van der Waals surface area contributed by atoms with Gasteiger partial charge in [0, 0.05) is 17.5 Å². The molecule has 3 aromatic rings. The van der Waals surface area contributed by atoms with Crippen molar-refractivity contribution < 1.29 is 19.7 Å². The van der Waals surface area contributed by atoms with Gasteiger partial charge in [0.25, 0.3) is 0 Å². The van der Waals surface area contributed by atoms with Crippen LogP contribution in [0.15, 0.2) is 72.8 Å². The van der Waals surface area contributed by atoms with Gasteiger partial charge >= 0.3 is 0 Å². The van der Waals surface area contributed by atoms with Crippen molar-refractivity contribution in [2.75, 3.05) is 7.11 Å². The van der Waals surface area contributed by atoms with Crippen LogP contribution in [0.4, 0.5) is 0 Å². The van der Waals surface area contributed by atoms with Gasteiger partial charge in [-0.1, -0.05) is 42.5 Å². The number of phenolic OH excluding ortho intramolecular Hbond substituents is 2. The average Bonchev–Trinajstić information content (AvgIpc) is 2.73. The first-order valence-corrected chi connectivity index (χ1v) is 9.23. The molecule has 0 saturated carbocycles. The second-order valence-electron chi connectivity index (χ2n) is 6.89. The van der Waals surface area contributed by atoms with E-state index >= 15 is 0 Å². The molecule has 4 heteroatoms. The Kier molecular flexibility index (Phi) is 4.94. The summed E-state index contributed by atoms with van der Waals surface area (Å²) in [5, 5.41) is 19.0. The molecule has 3 aromatic carbocycles. The van der Waals surface area contributed by atoms with Gasteiger partial charge in [0.15, 0.2) is 0 Å². The van der Waals surface area contributed by atoms with Crippen molar-refractivity contribution >= 4 is 6.08 Å². The second kappa shape index (κ2) is 7.69. The zero-order chi connectivity index (χ0) is 19.5. The summed E-state index contributed by atoms with van der Waals surface area (Å²) in [5.74, 6) is 2.23. The molecule has 0 radical (unpaired) electrons.